The zero-order chi connectivity index (χ0) is 15.2. The van der Waals surface area contributed by atoms with Crippen molar-refractivity contribution < 1.29 is 14.3 Å². The number of hydrogen-bond donors (Lipinski definition) is 2. The van der Waals surface area contributed by atoms with E-state index in [2.05, 4.69) is 10.1 Å². The van der Waals surface area contributed by atoms with Crippen LogP contribution in [0.2, 0.25) is 0 Å². The topological polar surface area (TPSA) is 81.4 Å². The largest absolute Gasteiger partial charge is 0.469 e. The van der Waals surface area contributed by atoms with Crippen molar-refractivity contribution in [3.63, 3.8) is 0 Å². The predicted octanol–water partition coefficient (Wildman–Crippen LogP) is 1.71. The number of amides is 1. The van der Waals surface area contributed by atoms with Crippen LogP contribution in [0.1, 0.15) is 53.2 Å². The molecule has 1 unspecified atom stereocenters. The number of ether oxygens (including phenoxy) is 1. The molecule has 1 atom stereocenters. The highest BCUT2D eigenvalue weighted by Gasteiger charge is 2.18. The number of fused-ring (bicyclic) bond motifs is 1. The number of nitrogens with one attached hydrogen (secondary N) is 1. The molecule has 1 aliphatic heterocycles. The van der Waals surface area contributed by atoms with Crippen LogP contribution in [-0.2, 0) is 16.0 Å². The van der Waals surface area contributed by atoms with Gasteiger partial charge in [0.2, 0.25) is 0 Å². The summed E-state index contributed by atoms with van der Waals surface area (Å²) in [6, 6.07) is 5.79. The van der Waals surface area contributed by atoms with E-state index in [4.69, 9.17) is 5.73 Å². The van der Waals surface area contributed by atoms with E-state index in [-0.39, 0.29) is 17.9 Å². The summed E-state index contributed by atoms with van der Waals surface area (Å²) in [6.45, 7) is 0.699. The fourth-order valence-corrected chi connectivity index (χ4v) is 2.56. The van der Waals surface area contributed by atoms with Gasteiger partial charge in [-0.2, -0.15) is 0 Å². The molecule has 0 radical (unpaired) electrons. The lowest BCUT2D eigenvalue weighted by atomic mass is 9.93. The van der Waals surface area contributed by atoms with E-state index in [1.165, 1.54) is 7.11 Å². The van der Waals surface area contributed by atoms with Gasteiger partial charge < -0.3 is 15.8 Å². The van der Waals surface area contributed by atoms with E-state index in [9.17, 15) is 9.59 Å². The first-order valence-corrected chi connectivity index (χ1v) is 7.35. The second-order valence-electron chi connectivity index (χ2n) is 5.35. The van der Waals surface area contributed by atoms with Gasteiger partial charge in [0.1, 0.15) is 0 Å². The van der Waals surface area contributed by atoms with Gasteiger partial charge in [-0.15, -0.1) is 0 Å². The molecule has 21 heavy (non-hydrogen) atoms. The van der Waals surface area contributed by atoms with Crippen LogP contribution in [0.5, 0.6) is 0 Å². The summed E-state index contributed by atoms with van der Waals surface area (Å²) in [7, 11) is 1.40. The van der Waals surface area contributed by atoms with Crippen molar-refractivity contribution >= 4 is 11.9 Å². The molecule has 0 bridgehead atoms. The number of methoxy groups -OCH3 is 1. The number of esters is 1. The SMILES string of the molecule is COC(=O)CCCCC(N)c1ccc2c(c1)C(=O)NCC2. The minimum atomic E-state index is -0.186. The van der Waals surface area contributed by atoms with E-state index >= 15 is 0 Å². The molecule has 1 heterocycles. The molecule has 0 spiro atoms. The zero-order valence-electron chi connectivity index (χ0n) is 12.4. The third-order valence-corrected chi connectivity index (χ3v) is 3.86. The first-order chi connectivity index (χ1) is 10.1. The van der Waals surface area contributed by atoms with Crippen LogP contribution in [0.15, 0.2) is 18.2 Å². The normalized spacial score (nSPS) is 15.0. The number of nitrogens with two attached hydrogens (primary N) is 1. The fourth-order valence-electron chi connectivity index (χ4n) is 2.56. The Hall–Kier alpha value is -1.88. The second-order valence-corrected chi connectivity index (χ2v) is 5.35. The van der Waals surface area contributed by atoms with E-state index < -0.39 is 0 Å². The van der Waals surface area contributed by atoms with Gasteiger partial charge in [-0.3, -0.25) is 9.59 Å². The van der Waals surface area contributed by atoms with Crippen LogP contribution in [-0.4, -0.2) is 25.5 Å². The maximum atomic E-state index is 11.8. The first kappa shape index (κ1) is 15.5. The highest BCUT2D eigenvalue weighted by Crippen LogP contribution is 2.22. The van der Waals surface area contributed by atoms with Crippen LogP contribution in [0.3, 0.4) is 0 Å². The standard InChI is InChI=1S/C16H22N2O3/c1-21-15(19)5-3-2-4-14(17)12-7-6-11-8-9-18-16(20)13(11)10-12/h6-7,10,14H,2-5,8-9,17H2,1H3,(H,18,20). The van der Waals surface area contributed by atoms with Crippen molar-refractivity contribution in [2.75, 3.05) is 13.7 Å². The maximum Gasteiger partial charge on any atom is 0.305 e. The van der Waals surface area contributed by atoms with Crippen LogP contribution >= 0.6 is 0 Å². The minimum absolute atomic E-state index is 0.0176. The Bertz CT molecular complexity index is 528. The van der Waals surface area contributed by atoms with Crippen molar-refractivity contribution in [2.45, 2.75) is 38.1 Å². The monoisotopic (exact) mass is 290 g/mol. The third kappa shape index (κ3) is 4.04. The highest BCUT2D eigenvalue weighted by atomic mass is 16.5. The Labute approximate surface area is 124 Å². The molecule has 1 aromatic carbocycles. The lowest BCUT2D eigenvalue weighted by molar-refractivity contribution is -0.140. The van der Waals surface area contributed by atoms with E-state index in [0.717, 1.165) is 42.4 Å². The lowest BCUT2D eigenvalue weighted by Crippen LogP contribution is -2.32. The molecule has 0 fully saturated rings. The van der Waals surface area contributed by atoms with Crippen LogP contribution in [0, 0.1) is 0 Å². The lowest BCUT2D eigenvalue weighted by Gasteiger charge is -2.19. The summed E-state index contributed by atoms with van der Waals surface area (Å²) < 4.78 is 4.60. The zero-order valence-corrected chi connectivity index (χ0v) is 12.4. The fraction of sp³-hybridized carbons (Fsp3) is 0.500. The van der Waals surface area contributed by atoms with E-state index in [1.807, 2.05) is 18.2 Å². The first-order valence-electron chi connectivity index (χ1n) is 7.35. The molecule has 2 rings (SSSR count). The van der Waals surface area contributed by atoms with Gasteiger partial charge in [0.05, 0.1) is 7.11 Å². The molecule has 0 aliphatic carbocycles. The van der Waals surface area contributed by atoms with Crippen LogP contribution < -0.4 is 11.1 Å². The quantitative estimate of drug-likeness (QED) is 0.617. The second kappa shape index (κ2) is 7.22. The Kier molecular flexibility index (Phi) is 5.33. The predicted molar refractivity (Wildman–Crippen MR) is 79.9 cm³/mol. The average Bonchev–Trinajstić information content (AvgIpc) is 2.51. The summed E-state index contributed by atoms with van der Waals surface area (Å²) >= 11 is 0. The van der Waals surface area contributed by atoms with Crippen molar-refractivity contribution in [1.29, 1.82) is 0 Å². The number of carbonyl (C=O) groups is 2. The third-order valence-electron chi connectivity index (χ3n) is 3.86. The molecule has 114 valence electrons. The molecule has 1 aromatic rings. The highest BCUT2D eigenvalue weighted by molar-refractivity contribution is 5.96. The Morgan fingerprint density at radius 3 is 3.00 bits per heavy atom. The molecule has 0 aromatic heterocycles. The van der Waals surface area contributed by atoms with Gasteiger partial charge >= 0.3 is 5.97 Å². The number of unbranched alkanes of at least 4 members (excludes halogenated alkanes) is 1. The molecule has 1 amide bonds. The van der Waals surface area contributed by atoms with Crippen molar-refractivity contribution in [3.8, 4) is 0 Å². The van der Waals surface area contributed by atoms with Gasteiger partial charge in [0, 0.05) is 24.6 Å². The summed E-state index contributed by atoms with van der Waals surface area (Å²) in [4.78, 5) is 22.9. The number of hydrogen-bond acceptors (Lipinski definition) is 4. The van der Waals surface area contributed by atoms with Gasteiger partial charge in [0.15, 0.2) is 0 Å². The summed E-state index contributed by atoms with van der Waals surface area (Å²) in [5.74, 6) is -0.204. The van der Waals surface area contributed by atoms with Crippen molar-refractivity contribution in [2.24, 2.45) is 5.73 Å². The molecule has 0 saturated heterocycles. The summed E-state index contributed by atoms with van der Waals surface area (Å²) in [6.07, 6.45) is 3.72. The molecular formula is C16H22N2O3. The number of carbonyl (C=O) groups excluding carboxylic acids is 2. The summed E-state index contributed by atoms with van der Waals surface area (Å²) in [5.41, 5.74) is 8.97. The smallest absolute Gasteiger partial charge is 0.305 e. The van der Waals surface area contributed by atoms with Gasteiger partial charge in [-0.1, -0.05) is 18.6 Å². The molecule has 0 saturated carbocycles. The van der Waals surface area contributed by atoms with Crippen LogP contribution in [0.4, 0.5) is 0 Å². The van der Waals surface area contributed by atoms with Crippen LogP contribution in [0.25, 0.3) is 0 Å². The average molecular weight is 290 g/mol. The number of rotatable bonds is 6. The molecule has 1 aliphatic rings. The molecule has 5 heteroatoms. The van der Waals surface area contributed by atoms with Gasteiger partial charge in [0.25, 0.3) is 5.91 Å². The van der Waals surface area contributed by atoms with Crippen molar-refractivity contribution in [3.05, 3.63) is 34.9 Å². The van der Waals surface area contributed by atoms with Gasteiger partial charge in [-0.25, -0.2) is 0 Å². The van der Waals surface area contributed by atoms with Crippen molar-refractivity contribution in [1.82, 2.24) is 5.32 Å². The molecular weight excluding hydrogens is 268 g/mol. The van der Waals surface area contributed by atoms with E-state index in [0.29, 0.717) is 13.0 Å². The minimum Gasteiger partial charge on any atom is -0.469 e. The van der Waals surface area contributed by atoms with Gasteiger partial charge in [-0.05, 0) is 36.5 Å². The molecule has 5 nitrogen and oxygen atoms in total. The number of benzene rings is 1. The summed E-state index contributed by atoms with van der Waals surface area (Å²) in [5, 5.41) is 2.84. The Balaban J connectivity index is 1.91. The Morgan fingerprint density at radius 1 is 1.43 bits per heavy atom. The Morgan fingerprint density at radius 2 is 2.24 bits per heavy atom. The maximum absolute atomic E-state index is 11.8. The van der Waals surface area contributed by atoms with E-state index in [1.54, 1.807) is 0 Å². The molecule has 3 N–H and O–H groups in total.